The molecule has 4 atom stereocenters. The summed E-state index contributed by atoms with van der Waals surface area (Å²) in [5, 5.41) is 2.82. The fraction of sp³-hybridized carbons (Fsp3) is 0.647. The highest BCUT2D eigenvalue weighted by Gasteiger charge is 2.42. The molecule has 0 heterocycles. The molecule has 0 aromatic heterocycles. The first-order valence-corrected chi connectivity index (χ1v) is 9.59. The van der Waals surface area contributed by atoms with Crippen LogP contribution in [-0.4, -0.2) is 25.5 Å². The lowest BCUT2D eigenvalue weighted by atomic mass is 9.80. The van der Waals surface area contributed by atoms with Crippen molar-refractivity contribution in [3.8, 4) is 0 Å². The number of hydrogen-bond acceptors (Lipinski definition) is 3. The molecular weight excluding hydrogens is 282 g/mol. The van der Waals surface area contributed by atoms with Crippen LogP contribution in [0.4, 0.5) is 0 Å². The van der Waals surface area contributed by atoms with E-state index in [2.05, 4.69) is 24.4 Å². The van der Waals surface area contributed by atoms with Crippen LogP contribution in [0.25, 0.3) is 0 Å². The Balaban J connectivity index is 2.48. The van der Waals surface area contributed by atoms with E-state index in [4.69, 9.17) is 0 Å². The third-order valence-electron chi connectivity index (χ3n) is 4.80. The maximum atomic E-state index is 12.9. The molecule has 3 nitrogen and oxygen atoms in total. The average Bonchev–Trinajstić information content (AvgIpc) is 2.49. The van der Waals surface area contributed by atoms with Gasteiger partial charge in [-0.1, -0.05) is 45.0 Å². The number of sulfone groups is 1. The number of nitrogens with one attached hydrogen (secondary N) is 1. The molecule has 0 saturated heterocycles. The van der Waals surface area contributed by atoms with Gasteiger partial charge in [-0.25, -0.2) is 8.42 Å². The summed E-state index contributed by atoms with van der Waals surface area (Å²) in [6, 6.07) is 8.19. The molecule has 1 aromatic rings. The lowest BCUT2D eigenvalue weighted by molar-refractivity contribution is 0.427. The first kappa shape index (κ1) is 16.5. The van der Waals surface area contributed by atoms with Gasteiger partial charge in [-0.15, -0.1) is 0 Å². The van der Waals surface area contributed by atoms with E-state index in [1.54, 1.807) is 0 Å². The van der Waals surface area contributed by atoms with Gasteiger partial charge in [-0.2, -0.15) is 0 Å². The molecule has 1 N–H and O–H groups in total. The zero-order valence-corrected chi connectivity index (χ0v) is 14.3. The Morgan fingerprint density at radius 2 is 1.86 bits per heavy atom. The average molecular weight is 309 g/mol. The van der Waals surface area contributed by atoms with Crippen molar-refractivity contribution in [2.45, 2.75) is 63.0 Å². The highest BCUT2D eigenvalue weighted by atomic mass is 32.2. The first-order valence-electron chi connectivity index (χ1n) is 7.98. The van der Waals surface area contributed by atoms with E-state index in [-0.39, 0.29) is 16.5 Å². The molecule has 118 valence electrons. The molecule has 21 heavy (non-hydrogen) atoms. The number of fused-ring (bicyclic) bond motifs is 1. The van der Waals surface area contributed by atoms with Gasteiger partial charge < -0.3 is 5.32 Å². The Labute approximate surface area is 129 Å². The lowest BCUT2D eigenvalue weighted by Gasteiger charge is -2.38. The Bertz CT molecular complexity index is 582. The molecule has 0 radical (unpaired) electrons. The van der Waals surface area contributed by atoms with Gasteiger partial charge in [0.1, 0.15) is 0 Å². The van der Waals surface area contributed by atoms with Crippen molar-refractivity contribution in [3.63, 3.8) is 0 Å². The second-order valence-corrected chi connectivity index (χ2v) is 8.74. The Kier molecular flexibility index (Phi) is 5.10. The van der Waals surface area contributed by atoms with E-state index in [1.807, 2.05) is 32.9 Å². The van der Waals surface area contributed by atoms with Gasteiger partial charge >= 0.3 is 0 Å². The van der Waals surface area contributed by atoms with Crippen molar-refractivity contribution >= 4 is 9.84 Å². The summed E-state index contributed by atoms with van der Waals surface area (Å²) in [5.41, 5.74) is 2.45. The molecule has 4 unspecified atom stereocenters. The van der Waals surface area contributed by atoms with Crippen LogP contribution < -0.4 is 5.32 Å². The zero-order chi connectivity index (χ0) is 15.6. The largest absolute Gasteiger partial charge is 0.309 e. The van der Waals surface area contributed by atoms with E-state index >= 15 is 0 Å². The van der Waals surface area contributed by atoms with Gasteiger partial charge in [0.25, 0.3) is 0 Å². The van der Waals surface area contributed by atoms with Gasteiger partial charge in [0.15, 0.2) is 9.84 Å². The molecule has 1 aliphatic carbocycles. The normalized spacial score (nSPS) is 27.1. The van der Waals surface area contributed by atoms with Crippen LogP contribution in [0.5, 0.6) is 0 Å². The smallest absolute Gasteiger partial charge is 0.157 e. The summed E-state index contributed by atoms with van der Waals surface area (Å²) < 4.78 is 25.8. The van der Waals surface area contributed by atoms with E-state index < -0.39 is 9.84 Å². The highest BCUT2D eigenvalue weighted by molar-refractivity contribution is 7.92. The lowest BCUT2D eigenvalue weighted by Crippen LogP contribution is -2.44. The topological polar surface area (TPSA) is 46.2 Å². The van der Waals surface area contributed by atoms with Crippen LogP contribution in [0.3, 0.4) is 0 Å². The third-order valence-corrected chi connectivity index (χ3v) is 7.57. The monoisotopic (exact) mass is 309 g/mol. The quantitative estimate of drug-likeness (QED) is 0.906. The maximum absolute atomic E-state index is 12.9. The minimum atomic E-state index is -3.12. The molecule has 2 rings (SSSR count). The zero-order valence-electron chi connectivity index (χ0n) is 13.5. The minimum absolute atomic E-state index is 0.0820. The van der Waals surface area contributed by atoms with Crippen LogP contribution >= 0.6 is 0 Å². The standard InChI is InChI=1S/C17H27NO2S/c1-5-13(4)21(19,20)16-11-12(3)14-9-7-8-10-15(14)17(16)18-6-2/h7-10,12-13,16-18H,5-6,11H2,1-4H3. The van der Waals surface area contributed by atoms with Crippen LogP contribution in [0.15, 0.2) is 24.3 Å². The number of rotatable bonds is 5. The molecule has 1 aromatic carbocycles. The highest BCUT2D eigenvalue weighted by Crippen LogP contribution is 2.41. The van der Waals surface area contributed by atoms with Gasteiger partial charge in [0.05, 0.1) is 10.5 Å². The van der Waals surface area contributed by atoms with Crippen molar-refractivity contribution in [2.24, 2.45) is 0 Å². The summed E-state index contributed by atoms with van der Waals surface area (Å²) in [4.78, 5) is 0. The summed E-state index contributed by atoms with van der Waals surface area (Å²) >= 11 is 0. The summed E-state index contributed by atoms with van der Waals surface area (Å²) in [6.07, 6.45) is 1.38. The summed E-state index contributed by atoms with van der Waals surface area (Å²) in [6.45, 7) is 8.74. The molecule has 0 saturated carbocycles. The molecule has 1 aliphatic rings. The van der Waals surface area contributed by atoms with Gasteiger partial charge in [0, 0.05) is 6.04 Å². The second-order valence-electron chi connectivity index (χ2n) is 6.15. The third kappa shape index (κ3) is 3.02. The van der Waals surface area contributed by atoms with E-state index in [0.29, 0.717) is 18.8 Å². The fourth-order valence-electron chi connectivity index (χ4n) is 3.37. The Morgan fingerprint density at radius 1 is 1.24 bits per heavy atom. The van der Waals surface area contributed by atoms with Crippen LogP contribution in [0, 0.1) is 0 Å². The first-order chi connectivity index (χ1) is 9.93. The maximum Gasteiger partial charge on any atom is 0.157 e. The SMILES string of the molecule is CCNC1c2ccccc2C(C)CC1S(=O)(=O)C(C)CC. The molecular formula is C17H27NO2S. The molecule has 0 amide bonds. The minimum Gasteiger partial charge on any atom is -0.309 e. The second kappa shape index (κ2) is 6.49. The van der Waals surface area contributed by atoms with Gasteiger partial charge in [-0.05, 0) is 43.4 Å². The van der Waals surface area contributed by atoms with Crippen LogP contribution in [-0.2, 0) is 9.84 Å². The van der Waals surface area contributed by atoms with Crippen molar-refractivity contribution in [3.05, 3.63) is 35.4 Å². The summed E-state index contributed by atoms with van der Waals surface area (Å²) in [7, 11) is -3.12. The summed E-state index contributed by atoms with van der Waals surface area (Å²) in [5.74, 6) is 0.292. The number of hydrogen-bond donors (Lipinski definition) is 1. The molecule has 0 spiro atoms. The number of benzene rings is 1. The van der Waals surface area contributed by atoms with E-state index in [0.717, 1.165) is 12.1 Å². The van der Waals surface area contributed by atoms with E-state index in [1.165, 1.54) is 5.56 Å². The Hall–Kier alpha value is -0.870. The molecule has 0 aliphatic heterocycles. The predicted molar refractivity (Wildman–Crippen MR) is 88.4 cm³/mol. The molecule has 4 heteroatoms. The van der Waals surface area contributed by atoms with Gasteiger partial charge in [0.2, 0.25) is 0 Å². The fourth-order valence-corrected chi connectivity index (χ4v) is 5.61. The van der Waals surface area contributed by atoms with Crippen LogP contribution in [0.1, 0.15) is 63.6 Å². The molecule has 0 bridgehead atoms. The van der Waals surface area contributed by atoms with Gasteiger partial charge in [-0.3, -0.25) is 0 Å². The predicted octanol–water partition coefficient (Wildman–Crippen LogP) is 3.43. The van der Waals surface area contributed by atoms with Crippen molar-refractivity contribution < 1.29 is 8.42 Å². The van der Waals surface area contributed by atoms with Crippen molar-refractivity contribution in [1.29, 1.82) is 0 Å². The van der Waals surface area contributed by atoms with Crippen molar-refractivity contribution in [1.82, 2.24) is 5.32 Å². The Morgan fingerprint density at radius 3 is 2.43 bits per heavy atom. The van der Waals surface area contributed by atoms with Crippen molar-refractivity contribution in [2.75, 3.05) is 6.54 Å². The molecule has 0 fully saturated rings. The van der Waals surface area contributed by atoms with E-state index in [9.17, 15) is 8.42 Å². The van der Waals surface area contributed by atoms with Crippen LogP contribution in [0.2, 0.25) is 0 Å².